The molecule has 2 aliphatic heterocycles. The highest BCUT2D eigenvalue weighted by Gasteiger charge is 2.47. The van der Waals surface area contributed by atoms with Crippen LogP contribution in [0.25, 0.3) is 0 Å². The molecule has 33 heavy (non-hydrogen) atoms. The molecule has 2 aromatic carbocycles. The molecule has 1 spiro atoms. The Morgan fingerprint density at radius 1 is 1.09 bits per heavy atom. The van der Waals surface area contributed by atoms with Crippen molar-refractivity contribution in [2.24, 2.45) is 27.1 Å². The van der Waals surface area contributed by atoms with Gasteiger partial charge in [-0.25, -0.2) is 4.99 Å². The molecular weight excluding hydrogens is 416 g/mol. The van der Waals surface area contributed by atoms with E-state index in [2.05, 4.69) is 20.6 Å². The maximum absolute atomic E-state index is 12.9. The lowest BCUT2D eigenvalue weighted by Gasteiger charge is -2.49. The number of benzodiazepines with no additional fused rings is 1. The van der Waals surface area contributed by atoms with Gasteiger partial charge in [0.15, 0.2) is 5.90 Å². The van der Waals surface area contributed by atoms with E-state index in [0.29, 0.717) is 16.8 Å². The number of carbonyl (C=O) groups is 1. The number of piperidine rings is 1. The van der Waals surface area contributed by atoms with Crippen LogP contribution in [0.5, 0.6) is 0 Å². The molecule has 1 unspecified atom stereocenters. The zero-order chi connectivity index (χ0) is 22.8. The molecule has 1 aliphatic carbocycles. The van der Waals surface area contributed by atoms with Crippen LogP contribution in [0.15, 0.2) is 64.6 Å². The summed E-state index contributed by atoms with van der Waals surface area (Å²) in [7, 11) is 0. The summed E-state index contributed by atoms with van der Waals surface area (Å²) in [5.41, 5.74) is 9.34. The van der Waals surface area contributed by atoms with E-state index in [-0.39, 0.29) is 17.8 Å². The molecule has 1 saturated heterocycles. The minimum Gasteiger partial charge on any atom is -0.412 e. The number of amidine groups is 1. The second-order valence-corrected chi connectivity index (χ2v) is 9.04. The van der Waals surface area contributed by atoms with Gasteiger partial charge in [-0.2, -0.15) is 4.99 Å². The second kappa shape index (κ2) is 8.78. The minimum absolute atomic E-state index is 0.0486. The number of anilines is 1. The topological polar surface area (TPSA) is 125 Å². The zero-order valence-corrected chi connectivity index (χ0v) is 18.4. The van der Waals surface area contributed by atoms with Gasteiger partial charge in [0.1, 0.15) is 0 Å². The lowest BCUT2D eigenvalue weighted by atomic mass is 9.57. The molecular formula is C25H28N6O2. The number of nitrogens with two attached hydrogens (primary N) is 1. The van der Waals surface area contributed by atoms with E-state index in [4.69, 9.17) is 15.9 Å². The molecule has 1 amide bonds. The second-order valence-electron chi connectivity index (χ2n) is 9.04. The minimum atomic E-state index is -1.11. The van der Waals surface area contributed by atoms with E-state index < -0.39 is 12.1 Å². The van der Waals surface area contributed by atoms with Gasteiger partial charge in [-0.15, -0.1) is 0 Å². The first-order valence-corrected chi connectivity index (χ1v) is 11.4. The average Bonchev–Trinajstić information content (AvgIpc) is 2.94. The smallest absolute Gasteiger partial charge is 0.291 e. The van der Waals surface area contributed by atoms with Gasteiger partial charge >= 0.3 is 0 Å². The van der Waals surface area contributed by atoms with Crippen LogP contribution in [0.3, 0.4) is 0 Å². The molecule has 5 rings (SSSR count). The lowest BCUT2D eigenvalue weighted by Crippen LogP contribution is -2.48. The van der Waals surface area contributed by atoms with Crippen LogP contribution < -0.4 is 16.4 Å². The molecule has 0 aromatic heterocycles. The Kier molecular flexibility index (Phi) is 5.68. The maximum atomic E-state index is 12.9. The van der Waals surface area contributed by atoms with Crippen molar-refractivity contribution in [1.29, 1.82) is 5.41 Å². The summed E-state index contributed by atoms with van der Waals surface area (Å²) in [5, 5.41) is 14.6. The van der Waals surface area contributed by atoms with Crippen molar-refractivity contribution >= 4 is 29.2 Å². The fourth-order valence-corrected chi connectivity index (χ4v) is 5.04. The summed E-state index contributed by atoms with van der Waals surface area (Å²) in [5.74, 6) is -0.235. The standard InChI is InChI=1S/C25H28N6O2/c26-21(17-14-25(15-17)10-12-28-13-11-25)33-24(27)31-22-23(32)29-19-9-5-4-8-18(19)20(30-22)16-6-2-1-3-7-16/h1-9,17,22,26,28H,10-15H2,(H2,27,31)(H,29,32). The SMILES string of the molecule is N=C(OC(N)=NC1N=C(c2ccccc2)c2ccccc2NC1=O)C1CC2(CCNCC2)C1. The van der Waals surface area contributed by atoms with E-state index in [1.807, 2.05) is 54.6 Å². The first kappa shape index (κ1) is 21.3. The highest BCUT2D eigenvalue weighted by molar-refractivity contribution is 6.19. The Hall–Kier alpha value is -3.52. The number of carbonyl (C=O) groups excluding carboxylic acids is 1. The van der Waals surface area contributed by atoms with Crippen LogP contribution in [-0.2, 0) is 9.53 Å². The normalized spacial score (nSPS) is 22.4. The molecule has 1 saturated carbocycles. The van der Waals surface area contributed by atoms with Gasteiger partial charge in [-0.05, 0) is 50.3 Å². The van der Waals surface area contributed by atoms with Crippen molar-refractivity contribution in [3.63, 3.8) is 0 Å². The van der Waals surface area contributed by atoms with Gasteiger partial charge in [-0.3, -0.25) is 10.2 Å². The molecule has 2 fully saturated rings. The first-order chi connectivity index (χ1) is 16.0. The van der Waals surface area contributed by atoms with Crippen LogP contribution in [0.1, 0.15) is 36.8 Å². The highest BCUT2D eigenvalue weighted by atomic mass is 16.5. The van der Waals surface area contributed by atoms with Gasteiger partial charge < -0.3 is 21.1 Å². The van der Waals surface area contributed by atoms with E-state index >= 15 is 0 Å². The van der Waals surface area contributed by atoms with Crippen molar-refractivity contribution in [2.75, 3.05) is 18.4 Å². The monoisotopic (exact) mass is 444 g/mol. The fraction of sp³-hybridized carbons (Fsp3) is 0.360. The Bertz CT molecular complexity index is 1110. The molecule has 3 aliphatic rings. The van der Waals surface area contributed by atoms with Crippen molar-refractivity contribution < 1.29 is 9.53 Å². The molecule has 170 valence electrons. The fourth-order valence-electron chi connectivity index (χ4n) is 5.04. The van der Waals surface area contributed by atoms with E-state index in [1.165, 1.54) is 0 Å². The summed E-state index contributed by atoms with van der Waals surface area (Å²) in [4.78, 5) is 21.8. The number of nitrogens with zero attached hydrogens (tertiary/aromatic N) is 2. The van der Waals surface area contributed by atoms with E-state index in [9.17, 15) is 4.79 Å². The number of amides is 1. The van der Waals surface area contributed by atoms with Crippen LogP contribution in [0.2, 0.25) is 0 Å². The summed E-state index contributed by atoms with van der Waals surface area (Å²) >= 11 is 0. The highest BCUT2D eigenvalue weighted by Crippen LogP contribution is 2.51. The van der Waals surface area contributed by atoms with Gasteiger partial charge in [0.05, 0.1) is 11.4 Å². The molecule has 8 heteroatoms. The number of nitrogens with one attached hydrogen (secondary N) is 3. The summed E-state index contributed by atoms with van der Waals surface area (Å²) in [6.45, 7) is 2.07. The van der Waals surface area contributed by atoms with Crippen molar-refractivity contribution in [3.05, 3.63) is 65.7 Å². The third kappa shape index (κ3) is 4.39. The van der Waals surface area contributed by atoms with Crippen LogP contribution in [0.4, 0.5) is 5.69 Å². The van der Waals surface area contributed by atoms with Crippen molar-refractivity contribution in [3.8, 4) is 0 Å². The molecule has 2 aromatic rings. The first-order valence-electron chi connectivity index (χ1n) is 11.4. The quantitative estimate of drug-likeness (QED) is 0.429. The van der Waals surface area contributed by atoms with Crippen molar-refractivity contribution in [2.45, 2.75) is 31.8 Å². The number of rotatable bonds is 3. The number of fused-ring (bicyclic) bond motifs is 1. The van der Waals surface area contributed by atoms with Gasteiger partial charge in [0.25, 0.3) is 11.9 Å². The Morgan fingerprint density at radius 2 is 1.79 bits per heavy atom. The summed E-state index contributed by atoms with van der Waals surface area (Å²) in [6.07, 6.45) is 3.05. The number of hydrogen-bond donors (Lipinski definition) is 4. The zero-order valence-electron chi connectivity index (χ0n) is 18.4. The lowest BCUT2D eigenvalue weighted by molar-refractivity contribution is -0.117. The predicted molar refractivity (Wildman–Crippen MR) is 129 cm³/mol. The molecule has 5 N–H and O–H groups in total. The van der Waals surface area contributed by atoms with Gasteiger partial charge in [0.2, 0.25) is 6.17 Å². The largest absolute Gasteiger partial charge is 0.412 e. The van der Waals surface area contributed by atoms with Crippen molar-refractivity contribution in [1.82, 2.24) is 5.32 Å². The van der Waals surface area contributed by atoms with Crippen LogP contribution >= 0.6 is 0 Å². The molecule has 1 atom stereocenters. The number of aliphatic imine (C=N–C) groups is 2. The van der Waals surface area contributed by atoms with E-state index in [1.54, 1.807) is 0 Å². The van der Waals surface area contributed by atoms with Crippen LogP contribution in [0, 0.1) is 16.7 Å². The number of benzene rings is 2. The third-order valence-electron chi connectivity index (χ3n) is 6.83. The van der Waals surface area contributed by atoms with E-state index in [0.717, 1.165) is 49.9 Å². The number of ether oxygens (including phenoxy) is 1. The summed E-state index contributed by atoms with van der Waals surface area (Å²) < 4.78 is 5.54. The predicted octanol–water partition coefficient (Wildman–Crippen LogP) is 2.89. The molecule has 0 radical (unpaired) electrons. The number of para-hydroxylation sites is 1. The Labute approximate surface area is 192 Å². The summed E-state index contributed by atoms with van der Waals surface area (Å²) in [6, 6.07) is 16.9. The molecule has 8 nitrogen and oxygen atoms in total. The Morgan fingerprint density at radius 3 is 2.55 bits per heavy atom. The number of hydrogen-bond acceptors (Lipinski definition) is 6. The molecule has 0 bridgehead atoms. The maximum Gasteiger partial charge on any atom is 0.291 e. The van der Waals surface area contributed by atoms with Crippen LogP contribution in [-0.4, -0.2) is 42.8 Å². The van der Waals surface area contributed by atoms with Gasteiger partial charge in [0, 0.05) is 17.0 Å². The molecule has 2 heterocycles. The third-order valence-corrected chi connectivity index (χ3v) is 6.83. The Balaban J connectivity index is 1.34. The average molecular weight is 445 g/mol. The van der Waals surface area contributed by atoms with Gasteiger partial charge in [-0.1, -0.05) is 48.5 Å².